The van der Waals surface area contributed by atoms with Gasteiger partial charge in [-0.25, -0.2) is 0 Å². The summed E-state index contributed by atoms with van der Waals surface area (Å²) < 4.78 is 0. The van der Waals surface area contributed by atoms with E-state index in [1.165, 1.54) is 11.8 Å². The smallest absolute Gasteiger partial charge is 0.313 e. The fraction of sp³-hybridized carbons (Fsp3) is 0.800. The molecule has 1 saturated heterocycles. The lowest BCUT2D eigenvalue weighted by atomic mass is 9.93. The molecule has 1 amide bonds. The number of likely N-dealkylation sites (tertiary alicyclic amines) is 1. The third-order valence-corrected chi connectivity index (χ3v) is 3.38. The Balaban J connectivity index is 2.27. The molecule has 1 fully saturated rings. The van der Waals surface area contributed by atoms with Crippen molar-refractivity contribution in [3.05, 3.63) is 0 Å². The minimum absolute atomic E-state index is 0.00295. The first-order valence-electron chi connectivity index (χ1n) is 4.98. The Kier molecular flexibility index (Phi) is 4.02. The van der Waals surface area contributed by atoms with Gasteiger partial charge >= 0.3 is 5.97 Å². The highest BCUT2D eigenvalue weighted by Gasteiger charge is 2.31. The number of hydrogen-bond donors (Lipinski definition) is 1. The second-order valence-electron chi connectivity index (χ2n) is 4.62. The van der Waals surface area contributed by atoms with Crippen LogP contribution in [0.3, 0.4) is 0 Å². The van der Waals surface area contributed by atoms with Gasteiger partial charge in [0.15, 0.2) is 0 Å². The van der Waals surface area contributed by atoms with Gasteiger partial charge in [-0.1, -0.05) is 13.8 Å². The van der Waals surface area contributed by atoms with Crippen LogP contribution < -0.4 is 0 Å². The van der Waals surface area contributed by atoms with Crippen molar-refractivity contribution in [3.63, 3.8) is 0 Å². The largest absolute Gasteiger partial charge is 0.481 e. The lowest BCUT2D eigenvalue weighted by Gasteiger charge is -2.19. The number of aliphatic carboxylic acids is 1. The first kappa shape index (κ1) is 12.4. The Morgan fingerprint density at radius 2 is 2.07 bits per heavy atom. The summed E-state index contributed by atoms with van der Waals surface area (Å²) in [7, 11) is 0. The number of thioether (sulfide) groups is 1. The molecule has 1 N–H and O–H groups in total. The molecule has 0 aliphatic carbocycles. The average molecular weight is 231 g/mol. The molecule has 0 atom stereocenters. The highest BCUT2D eigenvalue weighted by atomic mass is 32.2. The molecule has 0 bridgehead atoms. The molecule has 0 radical (unpaired) electrons. The van der Waals surface area contributed by atoms with Crippen LogP contribution in [-0.4, -0.2) is 46.5 Å². The number of carbonyl (C=O) groups excluding carboxylic acids is 1. The zero-order chi connectivity index (χ0) is 11.5. The quantitative estimate of drug-likeness (QED) is 0.786. The fourth-order valence-corrected chi connectivity index (χ4v) is 2.28. The van der Waals surface area contributed by atoms with Gasteiger partial charge in [0, 0.05) is 13.1 Å². The molecule has 0 aromatic carbocycles. The van der Waals surface area contributed by atoms with Gasteiger partial charge in [0.1, 0.15) is 0 Å². The van der Waals surface area contributed by atoms with Crippen molar-refractivity contribution in [3.8, 4) is 0 Å². The van der Waals surface area contributed by atoms with E-state index >= 15 is 0 Å². The third-order valence-electron chi connectivity index (χ3n) is 2.48. The van der Waals surface area contributed by atoms with Gasteiger partial charge in [-0.15, -0.1) is 11.8 Å². The van der Waals surface area contributed by atoms with E-state index in [9.17, 15) is 9.59 Å². The van der Waals surface area contributed by atoms with E-state index in [4.69, 9.17) is 5.11 Å². The number of amides is 1. The predicted molar refractivity (Wildman–Crippen MR) is 59.9 cm³/mol. The fourth-order valence-electron chi connectivity index (χ4n) is 1.64. The van der Waals surface area contributed by atoms with Crippen LogP contribution in [0.4, 0.5) is 0 Å². The van der Waals surface area contributed by atoms with Crippen LogP contribution in [0, 0.1) is 5.41 Å². The second kappa shape index (κ2) is 4.88. The summed E-state index contributed by atoms with van der Waals surface area (Å²) >= 11 is 1.17. The normalized spacial score (nSPS) is 19.2. The van der Waals surface area contributed by atoms with Gasteiger partial charge < -0.3 is 10.0 Å². The van der Waals surface area contributed by atoms with Gasteiger partial charge in [-0.3, -0.25) is 9.59 Å². The summed E-state index contributed by atoms with van der Waals surface area (Å²) in [5.74, 6) is -0.521. The molecule has 1 heterocycles. The van der Waals surface area contributed by atoms with Crippen molar-refractivity contribution >= 4 is 23.6 Å². The summed E-state index contributed by atoms with van der Waals surface area (Å²) in [6.45, 7) is 5.88. The van der Waals surface area contributed by atoms with Crippen LogP contribution in [0.25, 0.3) is 0 Å². The van der Waals surface area contributed by atoms with Crippen LogP contribution in [0.15, 0.2) is 0 Å². The Morgan fingerprint density at radius 3 is 2.53 bits per heavy atom. The second-order valence-corrected chi connectivity index (χ2v) is 5.60. The van der Waals surface area contributed by atoms with Gasteiger partial charge in [-0.05, 0) is 11.8 Å². The van der Waals surface area contributed by atoms with E-state index in [-0.39, 0.29) is 22.8 Å². The van der Waals surface area contributed by atoms with Crippen molar-refractivity contribution in [2.75, 3.05) is 24.6 Å². The molecule has 0 unspecified atom stereocenters. The summed E-state index contributed by atoms with van der Waals surface area (Å²) in [6, 6.07) is 0. The Labute approximate surface area is 94.0 Å². The van der Waals surface area contributed by atoms with Crippen molar-refractivity contribution in [1.29, 1.82) is 0 Å². The third kappa shape index (κ3) is 4.11. The minimum atomic E-state index is -0.866. The van der Waals surface area contributed by atoms with E-state index < -0.39 is 5.97 Å². The maximum absolute atomic E-state index is 11.6. The maximum Gasteiger partial charge on any atom is 0.313 e. The average Bonchev–Trinajstić information content (AvgIpc) is 2.45. The van der Waals surface area contributed by atoms with Crippen molar-refractivity contribution < 1.29 is 14.7 Å². The number of hydrogen-bond acceptors (Lipinski definition) is 3. The van der Waals surface area contributed by atoms with Gasteiger partial charge in [0.2, 0.25) is 5.91 Å². The molecule has 0 spiro atoms. The zero-order valence-corrected chi connectivity index (χ0v) is 9.97. The Hall–Kier alpha value is -0.710. The Bertz CT molecular complexity index is 265. The lowest BCUT2D eigenvalue weighted by Crippen LogP contribution is -2.31. The molecular weight excluding hydrogens is 214 g/mol. The molecular formula is C10H17NO3S. The monoisotopic (exact) mass is 231 g/mol. The van der Waals surface area contributed by atoms with Crippen LogP contribution in [0.5, 0.6) is 0 Å². The number of nitrogens with zero attached hydrogens (tertiary/aromatic N) is 1. The van der Waals surface area contributed by atoms with Crippen LogP contribution in [0.1, 0.15) is 20.3 Å². The summed E-state index contributed by atoms with van der Waals surface area (Å²) in [5, 5.41) is 8.43. The van der Waals surface area contributed by atoms with E-state index in [2.05, 4.69) is 13.8 Å². The van der Waals surface area contributed by atoms with E-state index in [1.807, 2.05) is 4.90 Å². The zero-order valence-electron chi connectivity index (χ0n) is 9.15. The molecule has 5 heteroatoms. The van der Waals surface area contributed by atoms with Gasteiger partial charge in [-0.2, -0.15) is 0 Å². The van der Waals surface area contributed by atoms with Crippen LogP contribution in [0.2, 0.25) is 0 Å². The number of rotatable bonds is 4. The molecule has 1 aliphatic rings. The SMILES string of the molecule is CC1(C)CCN(C(=O)CSCC(=O)O)C1. The summed E-state index contributed by atoms with van der Waals surface area (Å²) in [6.07, 6.45) is 1.03. The molecule has 86 valence electrons. The first-order chi connectivity index (χ1) is 6.91. The van der Waals surface area contributed by atoms with Crippen molar-refractivity contribution in [2.24, 2.45) is 5.41 Å². The molecule has 0 aromatic rings. The van der Waals surface area contributed by atoms with Crippen LogP contribution >= 0.6 is 11.8 Å². The van der Waals surface area contributed by atoms with E-state index in [1.54, 1.807) is 0 Å². The molecule has 1 rings (SSSR count). The van der Waals surface area contributed by atoms with Gasteiger partial charge in [0.25, 0.3) is 0 Å². The lowest BCUT2D eigenvalue weighted by molar-refractivity contribution is -0.133. The van der Waals surface area contributed by atoms with Gasteiger partial charge in [0.05, 0.1) is 11.5 Å². The highest BCUT2D eigenvalue weighted by molar-refractivity contribution is 8.00. The highest BCUT2D eigenvalue weighted by Crippen LogP contribution is 2.28. The maximum atomic E-state index is 11.6. The number of carbonyl (C=O) groups is 2. The number of carboxylic acid groups (broad SMARTS) is 1. The summed E-state index contributed by atoms with van der Waals surface area (Å²) in [5.41, 5.74) is 0.215. The topological polar surface area (TPSA) is 57.6 Å². The predicted octanol–water partition coefficient (Wildman–Crippen LogP) is 1.06. The molecule has 0 aromatic heterocycles. The standard InChI is InChI=1S/C10H17NO3S/c1-10(2)3-4-11(7-10)8(12)5-15-6-9(13)14/h3-7H2,1-2H3,(H,13,14). The van der Waals surface area contributed by atoms with E-state index in [0.717, 1.165) is 19.5 Å². The number of carboxylic acids is 1. The molecule has 15 heavy (non-hydrogen) atoms. The van der Waals surface area contributed by atoms with Crippen LogP contribution in [-0.2, 0) is 9.59 Å². The molecule has 1 aliphatic heterocycles. The van der Waals surface area contributed by atoms with E-state index in [0.29, 0.717) is 0 Å². The Morgan fingerprint density at radius 1 is 1.40 bits per heavy atom. The first-order valence-corrected chi connectivity index (χ1v) is 6.13. The van der Waals surface area contributed by atoms with Crippen molar-refractivity contribution in [2.45, 2.75) is 20.3 Å². The minimum Gasteiger partial charge on any atom is -0.481 e. The van der Waals surface area contributed by atoms with Crippen molar-refractivity contribution in [1.82, 2.24) is 4.90 Å². The summed E-state index contributed by atoms with van der Waals surface area (Å²) in [4.78, 5) is 23.7. The molecule has 0 saturated carbocycles. The molecule has 4 nitrogen and oxygen atoms in total.